The number of carbonyl (C=O) groups is 2. The van der Waals surface area contributed by atoms with Crippen molar-refractivity contribution < 1.29 is 18.7 Å². The topological polar surface area (TPSA) is 69.4 Å². The molecule has 0 saturated carbocycles. The molecule has 5 heteroatoms. The number of ether oxygens (including phenoxy) is 1. The first-order valence-electron chi connectivity index (χ1n) is 6.80. The molecule has 0 aromatic heterocycles. The molecule has 0 aliphatic rings. The number of nitrogen functional groups attached to an aromatic ring is 1. The Morgan fingerprint density at radius 1 is 1.32 bits per heavy atom. The summed E-state index contributed by atoms with van der Waals surface area (Å²) in [6.07, 6.45) is 0.437. The van der Waals surface area contributed by atoms with E-state index in [-0.39, 0.29) is 28.2 Å². The van der Waals surface area contributed by atoms with Crippen LogP contribution in [0, 0.1) is 12.7 Å². The Kier molecular flexibility index (Phi) is 4.56. The maximum absolute atomic E-state index is 14.0. The lowest BCUT2D eigenvalue weighted by Gasteiger charge is -2.11. The monoisotopic (exact) mass is 301 g/mol. The van der Waals surface area contributed by atoms with Crippen LogP contribution >= 0.6 is 0 Å². The number of nitrogens with two attached hydrogens (primary N) is 1. The van der Waals surface area contributed by atoms with Gasteiger partial charge in [0.1, 0.15) is 11.6 Å². The van der Waals surface area contributed by atoms with Gasteiger partial charge >= 0.3 is 0 Å². The maximum Gasteiger partial charge on any atom is 0.193 e. The molecule has 0 atom stereocenters. The minimum atomic E-state index is -0.737. The fourth-order valence-electron chi connectivity index (χ4n) is 2.15. The Balaban J connectivity index is 2.45. The normalized spacial score (nSPS) is 10.3. The summed E-state index contributed by atoms with van der Waals surface area (Å²) in [6.45, 7) is 3.85. The molecule has 0 radical (unpaired) electrons. The van der Waals surface area contributed by atoms with Gasteiger partial charge in [0.25, 0.3) is 0 Å². The van der Waals surface area contributed by atoms with Crippen LogP contribution in [0.5, 0.6) is 5.75 Å². The summed E-state index contributed by atoms with van der Waals surface area (Å²) in [5.74, 6) is -0.464. The van der Waals surface area contributed by atoms with E-state index in [2.05, 4.69) is 0 Å². The van der Waals surface area contributed by atoms with E-state index in [4.69, 9.17) is 10.5 Å². The summed E-state index contributed by atoms with van der Waals surface area (Å²) < 4.78 is 19.3. The molecule has 0 fully saturated rings. The van der Waals surface area contributed by atoms with Gasteiger partial charge in [0.2, 0.25) is 0 Å². The second kappa shape index (κ2) is 6.39. The van der Waals surface area contributed by atoms with Crippen molar-refractivity contribution in [3.05, 3.63) is 58.4 Å². The first kappa shape index (κ1) is 15.7. The van der Waals surface area contributed by atoms with Crippen LogP contribution in [0.15, 0.2) is 30.3 Å². The fourth-order valence-corrected chi connectivity index (χ4v) is 2.15. The highest BCUT2D eigenvalue weighted by atomic mass is 19.1. The third kappa shape index (κ3) is 2.83. The summed E-state index contributed by atoms with van der Waals surface area (Å²) in [7, 11) is 0. The summed E-state index contributed by atoms with van der Waals surface area (Å²) in [6, 6.07) is 7.85. The lowest BCUT2D eigenvalue weighted by atomic mass is 9.95. The molecule has 114 valence electrons. The molecule has 0 bridgehead atoms. The summed E-state index contributed by atoms with van der Waals surface area (Å²) in [4.78, 5) is 23.4. The standard InChI is InChI=1S/C17H16FNO3/c1-3-22-13-6-4-11(5-7-13)17(21)14-8-12(9-20)16(19)15(18)10(14)2/h4-9H,3,19H2,1-2H3. The van der Waals surface area contributed by atoms with Crippen LogP contribution in [-0.4, -0.2) is 18.7 Å². The van der Waals surface area contributed by atoms with Crippen molar-refractivity contribution in [1.82, 2.24) is 0 Å². The Bertz CT molecular complexity index is 724. The molecule has 0 spiro atoms. The van der Waals surface area contributed by atoms with E-state index in [0.717, 1.165) is 0 Å². The largest absolute Gasteiger partial charge is 0.494 e. The molecule has 22 heavy (non-hydrogen) atoms. The van der Waals surface area contributed by atoms with Crippen LogP contribution in [0.25, 0.3) is 0 Å². The lowest BCUT2D eigenvalue weighted by Crippen LogP contribution is -2.09. The third-order valence-corrected chi connectivity index (χ3v) is 3.38. The van der Waals surface area contributed by atoms with Crippen molar-refractivity contribution in [1.29, 1.82) is 0 Å². The Morgan fingerprint density at radius 3 is 2.50 bits per heavy atom. The first-order chi connectivity index (χ1) is 10.5. The van der Waals surface area contributed by atoms with Crippen LogP contribution in [0.2, 0.25) is 0 Å². The molecular formula is C17H16FNO3. The Labute approximate surface area is 127 Å². The van der Waals surface area contributed by atoms with Crippen molar-refractivity contribution in [2.45, 2.75) is 13.8 Å². The summed E-state index contributed by atoms with van der Waals surface area (Å²) >= 11 is 0. The zero-order valence-corrected chi connectivity index (χ0v) is 12.4. The van der Waals surface area contributed by atoms with Crippen LogP contribution < -0.4 is 10.5 Å². The molecular weight excluding hydrogens is 285 g/mol. The van der Waals surface area contributed by atoms with Crippen LogP contribution in [0.4, 0.5) is 10.1 Å². The van der Waals surface area contributed by atoms with Crippen molar-refractivity contribution >= 4 is 17.8 Å². The van der Waals surface area contributed by atoms with E-state index >= 15 is 0 Å². The minimum Gasteiger partial charge on any atom is -0.494 e. The number of rotatable bonds is 5. The number of halogens is 1. The quantitative estimate of drug-likeness (QED) is 0.523. The number of benzene rings is 2. The highest BCUT2D eigenvalue weighted by Gasteiger charge is 2.19. The molecule has 0 heterocycles. The predicted octanol–water partition coefficient (Wildman–Crippen LogP) is 3.16. The van der Waals surface area contributed by atoms with E-state index in [1.54, 1.807) is 24.3 Å². The average Bonchev–Trinajstić information content (AvgIpc) is 2.53. The molecule has 2 rings (SSSR count). The third-order valence-electron chi connectivity index (χ3n) is 3.38. The molecule has 0 saturated heterocycles. The molecule has 0 unspecified atom stereocenters. The first-order valence-corrected chi connectivity index (χ1v) is 6.80. The number of aldehydes is 1. The van der Waals surface area contributed by atoms with Crippen molar-refractivity contribution in [2.24, 2.45) is 0 Å². The summed E-state index contributed by atoms with van der Waals surface area (Å²) in [5, 5.41) is 0. The molecule has 0 aliphatic carbocycles. The van der Waals surface area contributed by atoms with E-state index in [1.807, 2.05) is 6.92 Å². The lowest BCUT2D eigenvalue weighted by molar-refractivity contribution is 0.103. The number of anilines is 1. The van der Waals surface area contributed by atoms with Gasteiger partial charge in [0.15, 0.2) is 12.1 Å². The maximum atomic E-state index is 14.0. The van der Waals surface area contributed by atoms with E-state index in [9.17, 15) is 14.0 Å². The van der Waals surface area contributed by atoms with Crippen molar-refractivity contribution in [3.8, 4) is 5.75 Å². The predicted molar refractivity (Wildman–Crippen MR) is 82.0 cm³/mol. The van der Waals surface area contributed by atoms with Crippen LogP contribution in [-0.2, 0) is 0 Å². The average molecular weight is 301 g/mol. The SMILES string of the molecule is CCOc1ccc(C(=O)c2cc(C=O)c(N)c(F)c2C)cc1. The molecule has 2 aromatic rings. The van der Waals surface area contributed by atoms with Gasteiger partial charge in [-0.2, -0.15) is 0 Å². The van der Waals surface area contributed by atoms with E-state index in [0.29, 0.717) is 24.2 Å². The molecule has 4 nitrogen and oxygen atoms in total. The number of ketones is 1. The molecule has 2 N–H and O–H groups in total. The van der Waals surface area contributed by atoms with Gasteiger partial charge in [-0.25, -0.2) is 4.39 Å². The Morgan fingerprint density at radius 2 is 1.95 bits per heavy atom. The summed E-state index contributed by atoms with van der Waals surface area (Å²) in [5.41, 5.74) is 5.88. The molecule has 0 amide bonds. The highest BCUT2D eigenvalue weighted by Crippen LogP contribution is 2.25. The number of hydrogen-bond donors (Lipinski definition) is 1. The van der Waals surface area contributed by atoms with Gasteiger partial charge in [0, 0.05) is 16.7 Å². The van der Waals surface area contributed by atoms with Gasteiger partial charge in [-0.15, -0.1) is 0 Å². The second-order valence-corrected chi connectivity index (χ2v) is 4.77. The smallest absolute Gasteiger partial charge is 0.193 e. The minimum absolute atomic E-state index is 0.0302. The van der Waals surface area contributed by atoms with Crippen molar-refractivity contribution in [3.63, 3.8) is 0 Å². The zero-order chi connectivity index (χ0) is 16.3. The van der Waals surface area contributed by atoms with Gasteiger partial charge in [-0.1, -0.05) is 0 Å². The van der Waals surface area contributed by atoms with E-state index in [1.165, 1.54) is 13.0 Å². The van der Waals surface area contributed by atoms with Crippen LogP contribution in [0.3, 0.4) is 0 Å². The van der Waals surface area contributed by atoms with E-state index < -0.39 is 5.82 Å². The molecule has 2 aromatic carbocycles. The van der Waals surface area contributed by atoms with Crippen molar-refractivity contribution in [2.75, 3.05) is 12.3 Å². The number of hydrogen-bond acceptors (Lipinski definition) is 4. The van der Waals surface area contributed by atoms with Crippen LogP contribution in [0.1, 0.15) is 38.8 Å². The van der Waals surface area contributed by atoms with Gasteiger partial charge in [0.05, 0.1) is 12.3 Å². The van der Waals surface area contributed by atoms with Gasteiger partial charge < -0.3 is 10.5 Å². The molecule has 0 aliphatic heterocycles. The zero-order valence-electron chi connectivity index (χ0n) is 12.4. The Hall–Kier alpha value is -2.69. The fraction of sp³-hybridized carbons (Fsp3) is 0.176. The highest BCUT2D eigenvalue weighted by molar-refractivity contribution is 6.11. The number of carbonyl (C=O) groups excluding carboxylic acids is 2. The van der Waals surface area contributed by atoms with Gasteiger partial charge in [-0.3, -0.25) is 9.59 Å². The second-order valence-electron chi connectivity index (χ2n) is 4.77. The van der Waals surface area contributed by atoms with Gasteiger partial charge in [-0.05, 0) is 49.7 Å².